The molecular formula is C27H44Br2O3. The van der Waals surface area contributed by atoms with E-state index in [4.69, 9.17) is 4.74 Å². The number of fused-ring (bicyclic) bond motifs is 1. The first-order chi connectivity index (χ1) is 14.8. The lowest BCUT2D eigenvalue weighted by Crippen LogP contribution is -2.65. The largest absolute Gasteiger partial charge is 0.348 e. The third kappa shape index (κ3) is 6.78. The Morgan fingerprint density at radius 3 is 2.00 bits per heavy atom. The molecule has 0 saturated carbocycles. The molecule has 0 aromatic carbocycles. The second-order valence-electron chi connectivity index (χ2n) is 11.3. The second-order valence-corrected chi connectivity index (χ2v) is 13.8. The first-order valence-electron chi connectivity index (χ1n) is 12.7. The Bertz CT molecular complexity index is 703. The van der Waals surface area contributed by atoms with Crippen LogP contribution in [0, 0.1) is 17.8 Å². The molecule has 32 heavy (non-hydrogen) atoms. The molecule has 2 aliphatic rings. The van der Waals surface area contributed by atoms with Crippen molar-refractivity contribution in [1.29, 1.82) is 0 Å². The number of ether oxygens (including phenoxy) is 1. The van der Waals surface area contributed by atoms with E-state index >= 15 is 0 Å². The number of allylic oxidation sites excluding steroid dienone is 1. The smallest absolute Gasteiger partial charge is 0.208 e. The van der Waals surface area contributed by atoms with Gasteiger partial charge in [-0.1, -0.05) is 95.0 Å². The van der Waals surface area contributed by atoms with Crippen molar-refractivity contribution < 1.29 is 14.3 Å². The summed E-state index contributed by atoms with van der Waals surface area (Å²) >= 11 is 7.15. The molecular weight excluding hydrogens is 532 g/mol. The third-order valence-electron chi connectivity index (χ3n) is 7.55. The summed E-state index contributed by atoms with van der Waals surface area (Å²) in [5.74, 6) is 2.14. The summed E-state index contributed by atoms with van der Waals surface area (Å²) in [6.45, 7) is 13.2. The van der Waals surface area contributed by atoms with Crippen LogP contribution < -0.4 is 0 Å². The number of hydrogen-bond donors (Lipinski definition) is 0. The summed E-state index contributed by atoms with van der Waals surface area (Å²) in [6, 6.07) is 0. The highest BCUT2D eigenvalue weighted by atomic mass is 79.9. The minimum atomic E-state index is -1.30. The lowest BCUT2D eigenvalue weighted by atomic mass is 9.75. The first-order valence-corrected chi connectivity index (χ1v) is 14.3. The van der Waals surface area contributed by atoms with Crippen LogP contribution in [0.5, 0.6) is 0 Å². The molecule has 0 aromatic rings. The van der Waals surface area contributed by atoms with E-state index in [2.05, 4.69) is 66.5 Å². The monoisotopic (exact) mass is 574 g/mol. The van der Waals surface area contributed by atoms with Gasteiger partial charge in [-0.15, -0.1) is 0 Å². The SMILES string of the molecule is CC1=CC(=O)C2(Br)OC(C)(CCC[C@H](C)CCC[C@H](C)CCCC(C)C)CCC2(Br)C1=O. The van der Waals surface area contributed by atoms with Gasteiger partial charge in [-0.25, -0.2) is 0 Å². The van der Waals surface area contributed by atoms with Gasteiger partial charge in [0.25, 0.3) is 0 Å². The second kappa shape index (κ2) is 11.6. The summed E-state index contributed by atoms with van der Waals surface area (Å²) in [5.41, 5.74) is 0.0951. The van der Waals surface area contributed by atoms with Crippen LogP contribution >= 0.6 is 31.9 Å². The Morgan fingerprint density at radius 2 is 1.44 bits per heavy atom. The zero-order valence-electron chi connectivity index (χ0n) is 21.1. The van der Waals surface area contributed by atoms with Gasteiger partial charge in [-0.05, 0) is 78.4 Å². The molecule has 3 unspecified atom stereocenters. The minimum Gasteiger partial charge on any atom is -0.348 e. The molecule has 1 aliphatic heterocycles. The number of carbonyl (C=O) groups excluding carboxylic acids is 2. The highest BCUT2D eigenvalue weighted by molar-refractivity contribution is 9.13. The van der Waals surface area contributed by atoms with Gasteiger partial charge in [0.2, 0.25) is 10.3 Å². The van der Waals surface area contributed by atoms with Gasteiger partial charge in [-0.3, -0.25) is 9.59 Å². The predicted molar refractivity (Wildman–Crippen MR) is 141 cm³/mol. The number of alkyl halides is 2. The molecule has 2 rings (SSSR count). The first kappa shape index (κ1) is 28.2. The van der Waals surface area contributed by atoms with Crippen LogP contribution in [-0.2, 0) is 14.3 Å². The van der Waals surface area contributed by atoms with E-state index in [-0.39, 0.29) is 11.6 Å². The Hall–Kier alpha value is -0.000000000000000167. The van der Waals surface area contributed by atoms with Gasteiger partial charge in [0.1, 0.15) is 4.32 Å². The molecule has 0 N–H and O–H groups in total. The van der Waals surface area contributed by atoms with E-state index in [1.54, 1.807) is 6.92 Å². The van der Waals surface area contributed by atoms with Crippen LogP contribution in [-0.4, -0.2) is 26.0 Å². The molecule has 0 aromatic heterocycles. The van der Waals surface area contributed by atoms with E-state index in [0.717, 1.165) is 31.1 Å². The van der Waals surface area contributed by atoms with E-state index in [1.165, 1.54) is 51.0 Å². The lowest BCUT2D eigenvalue weighted by Gasteiger charge is -2.52. The van der Waals surface area contributed by atoms with Crippen molar-refractivity contribution in [3.8, 4) is 0 Å². The number of rotatable bonds is 12. The van der Waals surface area contributed by atoms with Crippen LogP contribution in [0.25, 0.3) is 0 Å². The summed E-state index contributed by atoms with van der Waals surface area (Å²) in [6.07, 6.45) is 14.0. The van der Waals surface area contributed by atoms with Crippen molar-refractivity contribution in [3.63, 3.8) is 0 Å². The maximum Gasteiger partial charge on any atom is 0.208 e. The molecule has 1 saturated heterocycles. The van der Waals surface area contributed by atoms with Crippen molar-refractivity contribution in [1.82, 2.24) is 0 Å². The van der Waals surface area contributed by atoms with Crippen molar-refractivity contribution in [2.24, 2.45) is 17.8 Å². The number of hydrogen-bond acceptors (Lipinski definition) is 3. The number of carbonyl (C=O) groups is 2. The molecule has 0 radical (unpaired) electrons. The van der Waals surface area contributed by atoms with Gasteiger partial charge in [-0.2, -0.15) is 0 Å². The van der Waals surface area contributed by atoms with Gasteiger partial charge < -0.3 is 4.74 Å². The average molecular weight is 576 g/mol. The highest BCUT2D eigenvalue weighted by Crippen LogP contribution is 2.55. The van der Waals surface area contributed by atoms with Crippen LogP contribution in [0.1, 0.15) is 112 Å². The van der Waals surface area contributed by atoms with Crippen LogP contribution in [0.4, 0.5) is 0 Å². The van der Waals surface area contributed by atoms with Crippen LogP contribution in [0.15, 0.2) is 11.6 Å². The highest BCUT2D eigenvalue weighted by Gasteiger charge is 2.65. The number of ketones is 2. The van der Waals surface area contributed by atoms with E-state index in [0.29, 0.717) is 17.9 Å². The van der Waals surface area contributed by atoms with Gasteiger partial charge in [0.05, 0.1) is 5.60 Å². The molecule has 184 valence electrons. The van der Waals surface area contributed by atoms with E-state index in [9.17, 15) is 9.59 Å². The Labute approximate surface area is 213 Å². The number of halogens is 2. The third-order valence-corrected chi connectivity index (χ3v) is 10.6. The summed E-state index contributed by atoms with van der Waals surface area (Å²) in [7, 11) is 0. The van der Waals surface area contributed by atoms with E-state index in [1.807, 2.05) is 0 Å². The summed E-state index contributed by atoms with van der Waals surface area (Å²) in [5, 5.41) is 0. The summed E-state index contributed by atoms with van der Waals surface area (Å²) in [4.78, 5) is 25.6. The molecule has 3 nitrogen and oxygen atoms in total. The topological polar surface area (TPSA) is 43.4 Å². The molecule has 5 atom stereocenters. The van der Waals surface area contributed by atoms with Crippen LogP contribution in [0.3, 0.4) is 0 Å². The average Bonchev–Trinajstić information content (AvgIpc) is 2.69. The Kier molecular flexibility index (Phi) is 10.3. The predicted octanol–water partition coefficient (Wildman–Crippen LogP) is 8.32. The van der Waals surface area contributed by atoms with Crippen molar-refractivity contribution in [2.75, 3.05) is 0 Å². The Balaban J connectivity index is 1.76. The van der Waals surface area contributed by atoms with Crippen molar-refractivity contribution in [3.05, 3.63) is 11.6 Å². The fourth-order valence-corrected chi connectivity index (χ4v) is 6.89. The van der Waals surface area contributed by atoms with Gasteiger partial charge in [0.15, 0.2) is 5.78 Å². The quantitative estimate of drug-likeness (QED) is 0.220. The van der Waals surface area contributed by atoms with Crippen LogP contribution in [0.2, 0.25) is 0 Å². The molecule has 0 spiro atoms. The lowest BCUT2D eigenvalue weighted by molar-refractivity contribution is -0.172. The van der Waals surface area contributed by atoms with Crippen molar-refractivity contribution in [2.45, 2.75) is 127 Å². The van der Waals surface area contributed by atoms with Crippen molar-refractivity contribution >= 4 is 43.4 Å². The van der Waals surface area contributed by atoms with Gasteiger partial charge in [0, 0.05) is 0 Å². The molecule has 0 bridgehead atoms. The fourth-order valence-electron chi connectivity index (χ4n) is 5.22. The zero-order valence-corrected chi connectivity index (χ0v) is 24.2. The standard InChI is InChI=1S/C27H44Br2O3/c1-19(2)10-7-11-20(3)12-8-13-21(4)14-9-15-25(6)16-17-26(28)24(31)22(5)18-23(30)27(26,29)32-25/h18-21H,7-17H2,1-6H3/t20-,21-,25?,26?,27?/m1/s1. The molecule has 5 heteroatoms. The van der Waals surface area contributed by atoms with Gasteiger partial charge >= 0.3 is 0 Å². The Morgan fingerprint density at radius 1 is 0.906 bits per heavy atom. The normalized spacial score (nSPS) is 32.6. The number of Topliss-reactive ketones (excluding diaryl/α,β-unsaturated/α-hetero) is 1. The fraction of sp³-hybridized carbons (Fsp3) is 0.852. The molecule has 1 aliphatic carbocycles. The zero-order chi connectivity index (χ0) is 24.2. The molecule has 0 amide bonds. The maximum atomic E-state index is 12.8. The maximum absolute atomic E-state index is 12.8. The minimum absolute atomic E-state index is 0.0527. The molecule has 1 heterocycles. The van der Waals surface area contributed by atoms with E-state index < -0.39 is 14.4 Å². The molecule has 1 fully saturated rings. The summed E-state index contributed by atoms with van der Waals surface area (Å²) < 4.78 is 4.09.